The summed E-state index contributed by atoms with van der Waals surface area (Å²) in [5, 5.41) is 0. The summed E-state index contributed by atoms with van der Waals surface area (Å²) < 4.78 is 42.6. The van der Waals surface area contributed by atoms with E-state index in [0.29, 0.717) is 0 Å². The molecule has 0 aliphatic rings. The molecule has 15 nitrogen and oxygen atoms in total. The van der Waals surface area contributed by atoms with E-state index in [2.05, 4.69) is 0 Å². The van der Waals surface area contributed by atoms with Gasteiger partial charge in [0.1, 0.15) is 0 Å². The van der Waals surface area contributed by atoms with Gasteiger partial charge in [-0.2, -0.15) is 0 Å². The van der Waals surface area contributed by atoms with Crippen molar-refractivity contribution in [3.63, 3.8) is 0 Å². The van der Waals surface area contributed by atoms with Gasteiger partial charge in [0.15, 0.2) is 0 Å². The second-order valence-electron chi connectivity index (χ2n) is 1.25. The van der Waals surface area contributed by atoms with E-state index in [-0.39, 0.29) is 75.2 Å². The van der Waals surface area contributed by atoms with Crippen molar-refractivity contribution in [2.45, 2.75) is 0 Å². The van der Waals surface area contributed by atoms with E-state index >= 15 is 0 Å². The first-order chi connectivity index (χ1) is 8.66. The van der Waals surface area contributed by atoms with Crippen molar-refractivity contribution in [2.75, 3.05) is 0 Å². The van der Waals surface area contributed by atoms with Crippen LogP contribution < -0.4 is 48.0 Å². The largest absolute Gasteiger partial charge is 4.00 e. The van der Waals surface area contributed by atoms with Crippen molar-refractivity contribution in [2.24, 2.45) is 0 Å². The van der Waals surface area contributed by atoms with Gasteiger partial charge in [0.05, 0.1) is 0 Å². The van der Waals surface area contributed by atoms with Gasteiger partial charge in [-0.05, 0) is 0 Å². The summed E-state index contributed by atoms with van der Waals surface area (Å²) in [6.45, 7) is 0. The van der Waals surface area contributed by atoms with Gasteiger partial charge in [-0.25, -0.2) is 0 Å². The zero-order valence-corrected chi connectivity index (χ0v) is 23.0. The molecule has 0 fully saturated rings. The maximum Gasteiger partial charge on any atom is 4.00 e. The summed E-state index contributed by atoms with van der Waals surface area (Å²) >= 11 is 0. The van der Waals surface area contributed by atoms with E-state index in [0.717, 1.165) is 0 Å². The van der Waals surface area contributed by atoms with Crippen LogP contribution >= 0.6 is 0 Å². The molecule has 0 atom stereocenters. The van der Waals surface area contributed by atoms with E-state index in [9.17, 15) is 0 Å². The Balaban J connectivity index is -0.0000000197. The van der Waals surface area contributed by atoms with Crippen molar-refractivity contribution in [1.29, 1.82) is 0 Å². The van der Waals surface area contributed by atoms with Crippen molar-refractivity contribution in [3.05, 3.63) is 0 Å². The minimum absolute atomic E-state index is 0. The summed E-state index contributed by atoms with van der Waals surface area (Å²) in [4.78, 5) is 85.2. The monoisotopic (exact) mass is 726 g/mol. The topological polar surface area (TPSA) is 316 Å². The van der Waals surface area contributed by atoms with Crippen molar-refractivity contribution in [3.8, 4) is 0 Å². The fraction of sp³-hybridized carbons (Fsp3) is 0. The molecule has 0 bridgehead atoms. The van der Waals surface area contributed by atoms with Crippen LogP contribution in [0.25, 0.3) is 0 Å². The summed E-state index contributed by atoms with van der Waals surface area (Å²) in [5.74, 6) is 0. The third kappa shape index (κ3) is 26300. The molecule has 0 saturated heterocycles. The third-order valence-electron chi connectivity index (χ3n) is 0. The molecule has 23 heavy (non-hydrogen) atoms. The Morgan fingerprint density at radius 2 is 0.391 bits per heavy atom. The minimum Gasteiger partial charge on any atom is -0.672 e. The van der Waals surface area contributed by atoms with E-state index in [1.807, 2.05) is 0 Å². The maximum atomic E-state index is 8.52. The summed E-state index contributed by atoms with van der Waals surface area (Å²) in [6.07, 6.45) is 0. The maximum absolute atomic E-state index is 8.52. The van der Waals surface area contributed by atoms with Gasteiger partial charge in [0.25, 0.3) is 0 Å². The molecule has 0 aromatic carbocycles. The predicted molar refractivity (Wildman–Crippen MR) is 38.0 cm³/mol. The molecular formula is O15PbSi5TiZr. The minimum atomic E-state index is -3.63. The first-order valence-corrected chi connectivity index (χ1v) is 9.19. The molecule has 0 N–H and O–H groups in total. The summed E-state index contributed by atoms with van der Waals surface area (Å²) in [7, 11) is -18.1. The SMILES string of the molecule is O=[Si]([O-])[O-].O=[Si]([O-])[O-].O=[Si]([O-])[O-].O=[Si]([O-])[O-].O=[Si]([O-])[O-].[Pb+2].[Ti+4].[Zr+4]. The van der Waals surface area contributed by atoms with E-state index < -0.39 is 45.9 Å². The second kappa shape index (κ2) is 43.3. The van der Waals surface area contributed by atoms with Crippen molar-refractivity contribution in [1.82, 2.24) is 0 Å². The van der Waals surface area contributed by atoms with Crippen LogP contribution in [0.3, 0.4) is 0 Å². The summed E-state index contributed by atoms with van der Waals surface area (Å²) in [5.41, 5.74) is 0. The van der Waals surface area contributed by atoms with E-state index in [1.54, 1.807) is 0 Å². The number of hydrogen-bond acceptors (Lipinski definition) is 15. The molecule has 0 unspecified atom stereocenters. The normalized spacial score (nSPS) is 5.22. The average Bonchev–Trinajstić information content (AvgIpc) is 1.94. The van der Waals surface area contributed by atoms with E-state index in [4.69, 9.17) is 70.3 Å². The predicted octanol–water partition coefficient (Wildman–Crippen LogP) is -14.8. The fourth-order valence-corrected chi connectivity index (χ4v) is 0. The standard InChI is InChI=1S/5O3Si.Pb.Ti.Zr/c5*1-4(2)3;;;/q5*-2;+2;2*+4. The van der Waals surface area contributed by atoms with Crippen LogP contribution in [0.4, 0.5) is 0 Å². The van der Waals surface area contributed by atoms with Crippen LogP contribution in [0.5, 0.6) is 0 Å². The average molecular weight is 727 g/mol. The Morgan fingerprint density at radius 1 is 0.391 bits per heavy atom. The molecule has 0 rings (SSSR count). The van der Waals surface area contributed by atoms with Gasteiger partial charge in [-0.15, -0.1) is 0 Å². The molecule has 0 amide bonds. The van der Waals surface area contributed by atoms with Gasteiger partial charge in [-0.3, -0.25) is 0 Å². The number of rotatable bonds is 0. The second-order valence-corrected chi connectivity index (χ2v) is 3.75. The van der Waals surface area contributed by atoms with Crippen molar-refractivity contribution >= 4 is 73.2 Å². The molecule has 0 aliphatic carbocycles. The van der Waals surface area contributed by atoms with Gasteiger partial charge >= 0.3 is 75.2 Å². The molecule has 0 aromatic rings. The van der Waals surface area contributed by atoms with Crippen LogP contribution in [-0.4, -0.2) is 73.2 Å². The number of hydrogen-bond donors (Lipinski definition) is 0. The zero-order chi connectivity index (χ0) is 17.9. The summed E-state index contributed by atoms with van der Waals surface area (Å²) in [6, 6.07) is 0. The Kier molecular flexibility index (Phi) is 93.3. The van der Waals surface area contributed by atoms with Crippen LogP contribution in [0.1, 0.15) is 0 Å². The van der Waals surface area contributed by atoms with Crippen LogP contribution in [0.15, 0.2) is 0 Å². The Hall–Kier alpha value is 0.604. The Labute approximate surface area is 189 Å². The van der Waals surface area contributed by atoms with Crippen LogP contribution in [0, 0.1) is 0 Å². The molecule has 0 spiro atoms. The first-order valence-electron chi connectivity index (χ1n) is 3.06. The van der Waals surface area contributed by atoms with Gasteiger partial charge < -0.3 is 70.3 Å². The molecule has 0 aliphatic heterocycles. The molecule has 2 radical (unpaired) electrons. The molecule has 0 saturated carbocycles. The quantitative estimate of drug-likeness (QED) is 0.209. The van der Waals surface area contributed by atoms with E-state index in [1.165, 1.54) is 0 Å². The van der Waals surface area contributed by atoms with Gasteiger partial charge in [0, 0.05) is 45.9 Å². The van der Waals surface area contributed by atoms with Crippen molar-refractivity contribution < 1.29 is 118 Å². The molecule has 0 heterocycles. The molecule has 23 heteroatoms. The third-order valence-corrected chi connectivity index (χ3v) is 0. The molecular weight excluding hydrogens is 727 g/mol. The van der Waals surface area contributed by atoms with Gasteiger partial charge in [-0.1, -0.05) is 0 Å². The smallest absolute Gasteiger partial charge is 0.672 e. The Morgan fingerprint density at radius 3 is 0.391 bits per heavy atom. The van der Waals surface area contributed by atoms with Crippen LogP contribution in [0.2, 0.25) is 0 Å². The van der Waals surface area contributed by atoms with Crippen LogP contribution in [-0.2, 0) is 70.2 Å². The molecule has 0 aromatic heterocycles. The fourth-order valence-electron chi connectivity index (χ4n) is 0. The van der Waals surface area contributed by atoms with Gasteiger partial charge in [0.2, 0.25) is 0 Å². The Bertz CT molecular complexity index is 219. The zero-order valence-electron chi connectivity index (χ0n) is 10.1. The first kappa shape index (κ1) is 49.5. The molecule has 122 valence electrons.